The van der Waals surface area contributed by atoms with Crippen LogP contribution in [0.5, 0.6) is 0 Å². The van der Waals surface area contributed by atoms with E-state index in [-0.39, 0.29) is 69.2 Å². The summed E-state index contributed by atoms with van der Waals surface area (Å²) in [5, 5.41) is 34.7. The molecule has 0 aliphatic heterocycles. The van der Waals surface area contributed by atoms with Crippen molar-refractivity contribution in [1.82, 2.24) is 9.80 Å². The van der Waals surface area contributed by atoms with Crippen molar-refractivity contribution >= 4 is 17.9 Å². The van der Waals surface area contributed by atoms with Gasteiger partial charge in [0, 0.05) is 19.6 Å². The minimum Gasteiger partial charge on any atom is -1.00 e. The number of aliphatic hydroxyl groups is 1. The Morgan fingerprint density at radius 2 is 1.10 bits per heavy atom. The molecule has 0 amide bonds. The molecule has 120 valence electrons. The second kappa shape index (κ2) is 14.2. The van der Waals surface area contributed by atoms with Crippen LogP contribution in [-0.2, 0) is 14.4 Å². The van der Waals surface area contributed by atoms with Crippen molar-refractivity contribution in [3.63, 3.8) is 0 Å². The average molecular weight is 320 g/mol. The zero-order valence-corrected chi connectivity index (χ0v) is 13.9. The van der Waals surface area contributed by atoms with Crippen LogP contribution in [0.4, 0.5) is 0 Å². The Balaban J connectivity index is -0.000000540. The standard InChI is InChI=1S/C10H18N2O7.Na.H2O.H/c13-4-3-11(5-8(14)15)1-2-12(6-9(16)17)7-10(18)19;;;/h13H,1-7H2,(H,14,15)(H,16,17)(H,18,19);;1H2;/q;+1;;-1. The van der Waals surface area contributed by atoms with Gasteiger partial charge in [0.1, 0.15) is 0 Å². The van der Waals surface area contributed by atoms with Gasteiger partial charge >= 0.3 is 47.5 Å². The number of hydrogen-bond acceptors (Lipinski definition) is 6. The van der Waals surface area contributed by atoms with Gasteiger partial charge in [-0.1, -0.05) is 0 Å². The molecule has 0 aliphatic rings. The van der Waals surface area contributed by atoms with Crippen molar-refractivity contribution in [3.05, 3.63) is 0 Å². The Labute approximate surface area is 145 Å². The molecule has 0 rings (SSSR count). The summed E-state index contributed by atoms with van der Waals surface area (Å²) in [4.78, 5) is 34.3. The van der Waals surface area contributed by atoms with Crippen molar-refractivity contribution in [3.8, 4) is 0 Å². The van der Waals surface area contributed by atoms with E-state index in [1.165, 1.54) is 9.80 Å². The molecule has 0 bridgehead atoms. The van der Waals surface area contributed by atoms with Gasteiger partial charge in [-0.2, -0.15) is 0 Å². The van der Waals surface area contributed by atoms with Crippen LogP contribution >= 0.6 is 0 Å². The molecule has 0 radical (unpaired) electrons. The zero-order chi connectivity index (χ0) is 14.8. The quantitative estimate of drug-likeness (QED) is 0.271. The van der Waals surface area contributed by atoms with Crippen LogP contribution in [0.25, 0.3) is 0 Å². The van der Waals surface area contributed by atoms with Crippen LogP contribution in [0, 0.1) is 0 Å². The first-order chi connectivity index (χ1) is 8.85. The van der Waals surface area contributed by atoms with Gasteiger partial charge in [-0.3, -0.25) is 24.2 Å². The molecule has 0 saturated carbocycles. The smallest absolute Gasteiger partial charge is 1.00 e. The SMILES string of the molecule is O.O=C(O)CN(CCO)CCN(CC(=O)O)CC(=O)O.[H-].[Na+]. The van der Waals surface area contributed by atoms with Crippen LogP contribution in [0.2, 0.25) is 0 Å². The maximum absolute atomic E-state index is 10.6. The molecule has 10 nitrogen and oxygen atoms in total. The Morgan fingerprint density at radius 3 is 1.43 bits per heavy atom. The summed E-state index contributed by atoms with van der Waals surface area (Å²) in [7, 11) is 0. The molecule has 0 aromatic heterocycles. The molecule has 0 heterocycles. The summed E-state index contributed by atoms with van der Waals surface area (Å²) >= 11 is 0. The molecule has 21 heavy (non-hydrogen) atoms. The third-order valence-corrected chi connectivity index (χ3v) is 2.23. The molecule has 6 N–H and O–H groups in total. The molecular formula is C10H21N2NaO8. The Hall–Kier alpha value is -0.750. The number of carbonyl (C=O) groups is 3. The number of rotatable bonds is 11. The van der Waals surface area contributed by atoms with E-state index in [1.807, 2.05) is 0 Å². The van der Waals surface area contributed by atoms with E-state index in [4.69, 9.17) is 20.4 Å². The van der Waals surface area contributed by atoms with Crippen molar-refractivity contribution < 1.29 is 71.3 Å². The van der Waals surface area contributed by atoms with Gasteiger partial charge in [-0.15, -0.1) is 0 Å². The predicted molar refractivity (Wildman–Crippen MR) is 67.6 cm³/mol. The Bertz CT molecular complexity index is 318. The summed E-state index contributed by atoms with van der Waals surface area (Å²) in [6.45, 7) is -1.03. The molecule has 0 fully saturated rings. The van der Waals surface area contributed by atoms with E-state index in [0.29, 0.717) is 0 Å². The van der Waals surface area contributed by atoms with Gasteiger partial charge in [-0.25, -0.2) is 0 Å². The third kappa shape index (κ3) is 15.5. The number of aliphatic carboxylic acids is 3. The van der Waals surface area contributed by atoms with Gasteiger partial charge < -0.3 is 27.3 Å². The zero-order valence-electron chi connectivity index (χ0n) is 12.9. The first-order valence-electron chi connectivity index (χ1n) is 5.56. The summed E-state index contributed by atoms with van der Waals surface area (Å²) in [5.41, 5.74) is 0. The van der Waals surface area contributed by atoms with Crippen molar-refractivity contribution in [2.24, 2.45) is 0 Å². The van der Waals surface area contributed by atoms with Crippen molar-refractivity contribution in [2.45, 2.75) is 0 Å². The minimum absolute atomic E-state index is 0. The summed E-state index contributed by atoms with van der Waals surface area (Å²) in [5.74, 6) is -3.39. The maximum Gasteiger partial charge on any atom is 1.00 e. The topological polar surface area (TPSA) is 170 Å². The predicted octanol–water partition coefficient (Wildman–Crippen LogP) is -5.87. The van der Waals surface area contributed by atoms with E-state index >= 15 is 0 Å². The largest absolute Gasteiger partial charge is 1.00 e. The van der Waals surface area contributed by atoms with Crippen LogP contribution < -0.4 is 29.6 Å². The summed E-state index contributed by atoms with van der Waals surface area (Å²) in [6.07, 6.45) is 0. The van der Waals surface area contributed by atoms with Crippen molar-refractivity contribution in [2.75, 3.05) is 45.9 Å². The van der Waals surface area contributed by atoms with Crippen LogP contribution in [-0.4, -0.2) is 99.5 Å². The number of carboxylic acid groups (broad SMARTS) is 3. The fourth-order valence-electron chi connectivity index (χ4n) is 1.48. The molecule has 0 aromatic carbocycles. The van der Waals surface area contributed by atoms with E-state index in [2.05, 4.69) is 0 Å². The van der Waals surface area contributed by atoms with Crippen molar-refractivity contribution in [1.29, 1.82) is 0 Å². The molecule has 0 spiro atoms. The van der Waals surface area contributed by atoms with Crippen LogP contribution in [0.3, 0.4) is 0 Å². The molecule has 0 atom stereocenters. The van der Waals surface area contributed by atoms with Gasteiger partial charge in [-0.05, 0) is 0 Å². The number of carboxylic acids is 3. The van der Waals surface area contributed by atoms with E-state index < -0.39 is 31.0 Å². The van der Waals surface area contributed by atoms with Gasteiger partial charge in [0.05, 0.1) is 26.2 Å². The monoisotopic (exact) mass is 320 g/mol. The number of hydrogen-bond donors (Lipinski definition) is 4. The second-order valence-electron chi connectivity index (χ2n) is 3.89. The molecule has 0 aliphatic carbocycles. The summed E-state index contributed by atoms with van der Waals surface area (Å²) < 4.78 is 0. The van der Waals surface area contributed by atoms with Gasteiger partial charge in [0.25, 0.3) is 0 Å². The second-order valence-corrected chi connectivity index (χ2v) is 3.89. The molecule has 0 aromatic rings. The first kappa shape index (κ1) is 25.2. The maximum atomic E-state index is 10.6. The average Bonchev–Trinajstić information content (AvgIpc) is 2.23. The number of nitrogens with zero attached hydrogens (tertiary/aromatic N) is 2. The van der Waals surface area contributed by atoms with Crippen LogP contribution in [0.1, 0.15) is 1.43 Å². The molecule has 0 saturated heterocycles. The minimum atomic E-state index is -1.16. The molecule has 0 unspecified atom stereocenters. The van der Waals surface area contributed by atoms with Gasteiger partial charge in [0.15, 0.2) is 0 Å². The fourth-order valence-corrected chi connectivity index (χ4v) is 1.48. The Morgan fingerprint density at radius 1 is 0.762 bits per heavy atom. The molecular weight excluding hydrogens is 299 g/mol. The van der Waals surface area contributed by atoms with E-state index in [9.17, 15) is 14.4 Å². The fraction of sp³-hybridized carbons (Fsp3) is 0.700. The van der Waals surface area contributed by atoms with Crippen LogP contribution in [0.15, 0.2) is 0 Å². The normalized spacial score (nSPS) is 9.86. The first-order valence-corrected chi connectivity index (χ1v) is 5.56. The third-order valence-electron chi connectivity index (χ3n) is 2.23. The Kier molecular flexibility index (Phi) is 17.1. The number of aliphatic hydroxyl groups excluding tert-OH is 1. The summed E-state index contributed by atoms with van der Waals surface area (Å²) in [6, 6.07) is 0. The molecule has 11 heteroatoms. The van der Waals surface area contributed by atoms with E-state index in [1.54, 1.807) is 0 Å². The van der Waals surface area contributed by atoms with Gasteiger partial charge in [0.2, 0.25) is 0 Å². The van der Waals surface area contributed by atoms with E-state index in [0.717, 1.165) is 0 Å².